The Labute approximate surface area is 127 Å². The van der Waals surface area contributed by atoms with Gasteiger partial charge >= 0.3 is 5.69 Å². The van der Waals surface area contributed by atoms with E-state index in [1.165, 1.54) is 18.0 Å². The monoisotopic (exact) mass is 304 g/mol. The third-order valence-corrected chi connectivity index (χ3v) is 3.65. The summed E-state index contributed by atoms with van der Waals surface area (Å²) < 4.78 is 0. The second-order valence-electron chi connectivity index (χ2n) is 4.49. The summed E-state index contributed by atoms with van der Waals surface area (Å²) in [5.41, 5.74) is 1.02. The van der Waals surface area contributed by atoms with E-state index < -0.39 is 4.92 Å². The van der Waals surface area contributed by atoms with E-state index in [0.717, 1.165) is 23.4 Å². The van der Waals surface area contributed by atoms with Crippen molar-refractivity contribution in [1.29, 1.82) is 0 Å². The number of nitrogens with zero attached hydrogens (tertiary/aromatic N) is 3. The molecule has 2 aromatic rings. The minimum absolute atomic E-state index is 0.0800. The first kappa shape index (κ1) is 15.2. The number of anilines is 1. The van der Waals surface area contributed by atoms with Gasteiger partial charge in [-0.3, -0.25) is 10.1 Å². The Hall–Kier alpha value is -2.15. The lowest BCUT2D eigenvalue weighted by atomic mass is 10.2. The fourth-order valence-corrected chi connectivity index (χ4v) is 2.65. The molecule has 0 unspecified atom stereocenters. The fraction of sp³-hybridized carbons (Fsp3) is 0.286. The van der Waals surface area contributed by atoms with Crippen LogP contribution >= 0.6 is 11.8 Å². The van der Waals surface area contributed by atoms with Gasteiger partial charge in [0.05, 0.1) is 4.92 Å². The zero-order valence-electron chi connectivity index (χ0n) is 11.9. The van der Waals surface area contributed by atoms with Gasteiger partial charge in [-0.1, -0.05) is 36.4 Å². The van der Waals surface area contributed by atoms with Crippen molar-refractivity contribution in [3.8, 4) is 0 Å². The van der Waals surface area contributed by atoms with Crippen molar-refractivity contribution in [2.24, 2.45) is 0 Å². The molecular weight excluding hydrogens is 288 g/mol. The lowest BCUT2D eigenvalue weighted by Gasteiger charge is -2.06. The standard InChI is InChI=1S/C14H16N4O2S/c1-3-7-15-14-16-9-12(18(19)20)13(17-14)21-11-6-4-5-10(2)8-11/h4-6,8-9H,3,7H2,1-2H3,(H,15,16,17). The van der Waals surface area contributed by atoms with E-state index in [9.17, 15) is 10.1 Å². The Balaban J connectivity index is 2.31. The number of benzene rings is 1. The average molecular weight is 304 g/mol. The maximum absolute atomic E-state index is 11.1. The molecule has 2 rings (SSSR count). The number of aryl methyl sites for hydroxylation is 1. The van der Waals surface area contributed by atoms with Gasteiger partial charge < -0.3 is 5.32 Å². The molecule has 0 aliphatic rings. The van der Waals surface area contributed by atoms with Gasteiger partial charge in [0.1, 0.15) is 6.20 Å². The van der Waals surface area contributed by atoms with Crippen LogP contribution in [0.5, 0.6) is 0 Å². The minimum atomic E-state index is -0.457. The van der Waals surface area contributed by atoms with Crippen molar-refractivity contribution in [3.63, 3.8) is 0 Å². The van der Waals surface area contributed by atoms with Crippen LogP contribution in [0.2, 0.25) is 0 Å². The Morgan fingerprint density at radius 3 is 2.90 bits per heavy atom. The second-order valence-corrected chi connectivity index (χ2v) is 5.55. The molecule has 0 saturated heterocycles. The quantitative estimate of drug-likeness (QED) is 0.498. The van der Waals surface area contributed by atoms with Gasteiger partial charge in [0.2, 0.25) is 5.95 Å². The first-order valence-electron chi connectivity index (χ1n) is 6.60. The topological polar surface area (TPSA) is 81.0 Å². The van der Waals surface area contributed by atoms with Crippen LogP contribution in [0, 0.1) is 17.0 Å². The van der Waals surface area contributed by atoms with Crippen LogP contribution in [-0.2, 0) is 0 Å². The smallest absolute Gasteiger partial charge is 0.320 e. The summed E-state index contributed by atoms with van der Waals surface area (Å²) >= 11 is 1.27. The number of rotatable bonds is 6. The molecule has 0 atom stereocenters. The summed E-state index contributed by atoms with van der Waals surface area (Å²) in [7, 11) is 0. The highest BCUT2D eigenvalue weighted by Crippen LogP contribution is 2.33. The van der Waals surface area contributed by atoms with Crippen molar-refractivity contribution in [1.82, 2.24) is 9.97 Å². The van der Waals surface area contributed by atoms with E-state index in [1.54, 1.807) is 0 Å². The van der Waals surface area contributed by atoms with E-state index in [-0.39, 0.29) is 5.69 Å². The number of aromatic nitrogens is 2. The first-order chi connectivity index (χ1) is 10.1. The highest BCUT2D eigenvalue weighted by atomic mass is 32.2. The first-order valence-corrected chi connectivity index (χ1v) is 7.41. The normalized spacial score (nSPS) is 10.4. The van der Waals surface area contributed by atoms with Gasteiger partial charge in [-0.25, -0.2) is 4.98 Å². The molecule has 6 nitrogen and oxygen atoms in total. The number of nitrogens with one attached hydrogen (secondary N) is 1. The van der Waals surface area contributed by atoms with E-state index in [2.05, 4.69) is 15.3 Å². The predicted molar refractivity (Wildman–Crippen MR) is 82.8 cm³/mol. The largest absolute Gasteiger partial charge is 0.354 e. The summed E-state index contributed by atoms with van der Waals surface area (Å²) in [4.78, 5) is 19.8. The molecule has 0 amide bonds. The zero-order valence-corrected chi connectivity index (χ0v) is 12.7. The molecule has 0 bridgehead atoms. The highest BCUT2D eigenvalue weighted by molar-refractivity contribution is 7.99. The Morgan fingerprint density at radius 1 is 1.43 bits per heavy atom. The summed E-state index contributed by atoms with van der Waals surface area (Å²) in [5, 5.41) is 14.5. The van der Waals surface area contributed by atoms with Crippen LogP contribution in [0.1, 0.15) is 18.9 Å². The van der Waals surface area contributed by atoms with E-state index in [4.69, 9.17) is 0 Å². The molecule has 7 heteroatoms. The Morgan fingerprint density at radius 2 is 2.24 bits per heavy atom. The number of nitro groups is 1. The van der Waals surface area contributed by atoms with Crippen molar-refractivity contribution >= 4 is 23.4 Å². The molecule has 1 N–H and O–H groups in total. The maximum Gasteiger partial charge on any atom is 0.320 e. The molecular formula is C14H16N4O2S. The molecule has 0 spiro atoms. The van der Waals surface area contributed by atoms with Crippen LogP contribution in [0.4, 0.5) is 11.6 Å². The van der Waals surface area contributed by atoms with Gasteiger partial charge in [0.25, 0.3) is 0 Å². The molecule has 110 valence electrons. The molecule has 21 heavy (non-hydrogen) atoms. The van der Waals surface area contributed by atoms with Crippen molar-refractivity contribution in [2.75, 3.05) is 11.9 Å². The molecule has 0 aliphatic carbocycles. The summed E-state index contributed by atoms with van der Waals surface area (Å²) in [6, 6.07) is 7.77. The van der Waals surface area contributed by atoms with Crippen LogP contribution in [-0.4, -0.2) is 21.4 Å². The Kier molecular flexibility index (Phi) is 5.10. The van der Waals surface area contributed by atoms with E-state index in [1.807, 2.05) is 38.1 Å². The third-order valence-electron chi connectivity index (χ3n) is 2.67. The predicted octanol–water partition coefficient (Wildman–Crippen LogP) is 3.67. The van der Waals surface area contributed by atoms with Crippen LogP contribution < -0.4 is 5.32 Å². The van der Waals surface area contributed by atoms with Crippen LogP contribution in [0.3, 0.4) is 0 Å². The number of hydrogen-bond donors (Lipinski definition) is 1. The lowest BCUT2D eigenvalue weighted by molar-refractivity contribution is -0.388. The second kappa shape index (κ2) is 7.03. The fourth-order valence-electron chi connectivity index (χ4n) is 1.67. The average Bonchev–Trinajstić information content (AvgIpc) is 2.45. The minimum Gasteiger partial charge on any atom is -0.354 e. The molecule has 0 fully saturated rings. The molecule has 0 radical (unpaired) electrons. The van der Waals surface area contributed by atoms with E-state index in [0.29, 0.717) is 11.0 Å². The molecule has 1 aromatic carbocycles. The number of hydrogen-bond acceptors (Lipinski definition) is 6. The van der Waals surface area contributed by atoms with E-state index >= 15 is 0 Å². The van der Waals surface area contributed by atoms with Crippen LogP contribution in [0.15, 0.2) is 40.4 Å². The highest BCUT2D eigenvalue weighted by Gasteiger charge is 2.18. The van der Waals surface area contributed by atoms with Crippen molar-refractivity contribution in [2.45, 2.75) is 30.2 Å². The van der Waals surface area contributed by atoms with Gasteiger partial charge in [-0.05, 0) is 25.5 Å². The lowest BCUT2D eigenvalue weighted by Crippen LogP contribution is -2.06. The van der Waals surface area contributed by atoms with Gasteiger partial charge in [-0.2, -0.15) is 4.98 Å². The summed E-state index contributed by atoms with van der Waals surface area (Å²) in [6.07, 6.45) is 2.18. The summed E-state index contributed by atoms with van der Waals surface area (Å²) in [6.45, 7) is 4.74. The van der Waals surface area contributed by atoms with Gasteiger partial charge in [0.15, 0.2) is 5.03 Å². The molecule has 0 saturated carbocycles. The zero-order chi connectivity index (χ0) is 15.2. The van der Waals surface area contributed by atoms with Gasteiger partial charge in [-0.15, -0.1) is 0 Å². The van der Waals surface area contributed by atoms with Crippen molar-refractivity contribution in [3.05, 3.63) is 46.1 Å². The summed E-state index contributed by atoms with van der Waals surface area (Å²) in [5.74, 6) is 0.414. The molecule has 1 heterocycles. The Bertz CT molecular complexity index is 649. The van der Waals surface area contributed by atoms with Crippen molar-refractivity contribution < 1.29 is 4.92 Å². The molecule has 1 aromatic heterocycles. The third kappa shape index (κ3) is 4.16. The SMILES string of the molecule is CCCNc1ncc([N+](=O)[O-])c(Sc2cccc(C)c2)n1. The molecule has 0 aliphatic heterocycles. The van der Waals surface area contributed by atoms with Gasteiger partial charge in [0, 0.05) is 11.4 Å². The maximum atomic E-state index is 11.1. The van der Waals surface area contributed by atoms with Crippen LogP contribution in [0.25, 0.3) is 0 Å².